The second-order valence-electron chi connectivity index (χ2n) is 5.49. The van der Waals surface area contributed by atoms with Crippen molar-refractivity contribution in [3.63, 3.8) is 0 Å². The van der Waals surface area contributed by atoms with Gasteiger partial charge in [0.2, 0.25) is 0 Å². The highest BCUT2D eigenvalue weighted by Gasteiger charge is 2.35. The number of nitrogens with zero attached hydrogens (tertiary/aromatic N) is 2. The summed E-state index contributed by atoms with van der Waals surface area (Å²) in [6, 6.07) is 3.13. The summed E-state index contributed by atoms with van der Waals surface area (Å²) in [6.07, 6.45) is 3.32. The SMILES string of the molecule is CCOC(=O)C1CNCC1NC(=O)c1ccc2cncc(Br)c2n1. The zero-order valence-corrected chi connectivity index (χ0v) is 14.7. The van der Waals surface area contributed by atoms with Crippen LogP contribution in [0.1, 0.15) is 17.4 Å². The van der Waals surface area contributed by atoms with Gasteiger partial charge in [-0.3, -0.25) is 14.6 Å². The van der Waals surface area contributed by atoms with Crippen LogP contribution in [0.2, 0.25) is 0 Å². The minimum Gasteiger partial charge on any atom is -0.466 e. The standard InChI is InChI=1S/C16H17BrN4O3/c1-2-24-16(23)10-6-19-8-13(10)21-15(22)12-4-3-9-5-18-7-11(17)14(9)20-12/h3-5,7,10,13,19H,2,6,8H2,1H3,(H,21,22). The van der Waals surface area contributed by atoms with Crippen LogP contribution < -0.4 is 10.6 Å². The van der Waals surface area contributed by atoms with E-state index in [1.54, 1.807) is 31.5 Å². The van der Waals surface area contributed by atoms with E-state index in [2.05, 4.69) is 36.5 Å². The molecule has 1 saturated heterocycles. The Morgan fingerprint density at radius 2 is 2.21 bits per heavy atom. The molecule has 0 aliphatic carbocycles. The van der Waals surface area contributed by atoms with E-state index in [0.29, 0.717) is 30.9 Å². The molecule has 2 aromatic rings. The van der Waals surface area contributed by atoms with E-state index in [4.69, 9.17) is 4.74 Å². The Morgan fingerprint density at radius 3 is 3.00 bits per heavy atom. The van der Waals surface area contributed by atoms with Crippen LogP contribution in [0.5, 0.6) is 0 Å². The molecule has 3 heterocycles. The van der Waals surface area contributed by atoms with E-state index in [1.165, 1.54) is 0 Å². The number of halogens is 1. The van der Waals surface area contributed by atoms with Crippen molar-refractivity contribution in [1.82, 2.24) is 20.6 Å². The number of hydrogen-bond donors (Lipinski definition) is 2. The monoisotopic (exact) mass is 392 g/mol. The normalized spacial score (nSPS) is 20.1. The first-order chi connectivity index (χ1) is 11.6. The third-order valence-electron chi connectivity index (χ3n) is 3.91. The molecule has 3 rings (SSSR count). The topological polar surface area (TPSA) is 93.2 Å². The van der Waals surface area contributed by atoms with Crippen LogP contribution in [-0.4, -0.2) is 47.6 Å². The lowest BCUT2D eigenvalue weighted by Crippen LogP contribution is -2.43. The third kappa shape index (κ3) is 3.39. The van der Waals surface area contributed by atoms with E-state index >= 15 is 0 Å². The minimum absolute atomic E-state index is 0.295. The lowest BCUT2D eigenvalue weighted by Gasteiger charge is -2.18. The van der Waals surface area contributed by atoms with Gasteiger partial charge in [0.05, 0.1) is 28.6 Å². The van der Waals surface area contributed by atoms with Gasteiger partial charge in [0.15, 0.2) is 0 Å². The number of amides is 1. The Morgan fingerprint density at radius 1 is 1.38 bits per heavy atom. The van der Waals surface area contributed by atoms with Crippen LogP contribution in [0.4, 0.5) is 0 Å². The van der Waals surface area contributed by atoms with Crippen molar-refractivity contribution >= 4 is 38.7 Å². The smallest absolute Gasteiger partial charge is 0.312 e. The molecule has 1 aliphatic rings. The number of nitrogens with one attached hydrogen (secondary N) is 2. The van der Waals surface area contributed by atoms with E-state index in [-0.39, 0.29) is 23.8 Å². The average Bonchev–Trinajstić information content (AvgIpc) is 3.03. The Kier molecular flexibility index (Phi) is 5.06. The van der Waals surface area contributed by atoms with Gasteiger partial charge in [-0.1, -0.05) is 0 Å². The first-order valence-electron chi connectivity index (χ1n) is 7.68. The van der Waals surface area contributed by atoms with Gasteiger partial charge in [0.1, 0.15) is 5.69 Å². The van der Waals surface area contributed by atoms with Crippen LogP contribution in [0.25, 0.3) is 10.9 Å². The molecule has 1 aliphatic heterocycles. The van der Waals surface area contributed by atoms with Crippen molar-refractivity contribution in [1.29, 1.82) is 0 Å². The van der Waals surface area contributed by atoms with E-state index in [0.717, 1.165) is 9.86 Å². The third-order valence-corrected chi connectivity index (χ3v) is 4.49. The number of esters is 1. The first-order valence-corrected chi connectivity index (χ1v) is 8.48. The summed E-state index contributed by atoms with van der Waals surface area (Å²) >= 11 is 3.39. The largest absolute Gasteiger partial charge is 0.466 e. The van der Waals surface area contributed by atoms with Crippen LogP contribution in [-0.2, 0) is 9.53 Å². The quantitative estimate of drug-likeness (QED) is 0.761. The van der Waals surface area contributed by atoms with Crippen molar-refractivity contribution in [3.8, 4) is 0 Å². The molecule has 2 atom stereocenters. The molecule has 0 aromatic carbocycles. The maximum atomic E-state index is 12.5. The molecular formula is C16H17BrN4O3. The van der Waals surface area contributed by atoms with Crippen molar-refractivity contribution in [3.05, 3.63) is 34.7 Å². The summed E-state index contributed by atoms with van der Waals surface area (Å²) < 4.78 is 5.78. The van der Waals surface area contributed by atoms with E-state index in [1.807, 2.05) is 0 Å². The van der Waals surface area contributed by atoms with Gasteiger partial charge in [-0.15, -0.1) is 0 Å². The number of carbonyl (C=O) groups is 2. The van der Waals surface area contributed by atoms with Gasteiger partial charge in [-0.25, -0.2) is 4.98 Å². The van der Waals surface area contributed by atoms with Crippen LogP contribution in [0, 0.1) is 5.92 Å². The van der Waals surface area contributed by atoms with Gasteiger partial charge < -0.3 is 15.4 Å². The van der Waals surface area contributed by atoms with Crippen molar-refractivity contribution < 1.29 is 14.3 Å². The fourth-order valence-corrected chi connectivity index (χ4v) is 3.14. The summed E-state index contributed by atoms with van der Waals surface area (Å²) in [5.74, 6) is -0.998. The number of hydrogen-bond acceptors (Lipinski definition) is 6. The zero-order valence-electron chi connectivity index (χ0n) is 13.1. The van der Waals surface area contributed by atoms with Gasteiger partial charge in [0.25, 0.3) is 5.91 Å². The Labute approximate surface area is 147 Å². The predicted octanol–water partition coefficient (Wildman–Crippen LogP) is 1.27. The maximum Gasteiger partial charge on any atom is 0.312 e. The molecule has 24 heavy (non-hydrogen) atoms. The average molecular weight is 393 g/mol. The molecule has 0 saturated carbocycles. The molecule has 0 bridgehead atoms. The van der Waals surface area contributed by atoms with Crippen molar-refractivity contribution in [2.75, 3.05) is 19.7 Å². The van der Waals surface area contributed by atoms with E-state index < -0.39 is 0 Å². The molecule has 8 heteroatoms. The first kappa shape index (κ1) is 16.8. The number of ether oxygens (including phenoxy) is 1. The van der Waals surface area contributed by atoms with Crippen LogP contribution >= 0.6 is 15.9 Å². The summed E-state index contributed by atoms with van der Waals surface area (Å²) in [5, 5.41) is 6.82. The predicted molar refractivity (Wildman–Crippen MR) is 91.5 cm³/mol. The Balaban J connectivity index is 1.77. The summed E-state index contributed by atoms with van der Waals surface area (Å²) in [4.78, 5) is 32.9. The molecule has 2 unspecified atom stereocenters. The molecule has 0 spiro atoms. The molecule has 7 nitrogen and oxygen atoms in total. The highest BCUT2D eigenvalue weighted by molar-refractivity contribution is 9.10. The molecular weight excluding hydrogens is 376 g/mol. The lowest BCUT2D eigenvalue weighted by atomic mass is 10.0. The number of rotatable bonds is 4. The minimum atomic E-state index is -0.384. The number of aromatic nitrogens is 2. The Hall–Kier alpha value is -2.06. The lowest BCUT2D eigenvalue weighted by molar-refractivity contribution is -0.147. The highest BCUT2D eigenvalue weighted by Crippen LogP contribution is 2.21. The summed E-state index contributed by atoms with van der Waals surface area (Å²) in [7, 11) is 0. The van der Waals surface area contributed by atoms with Gasteiger partial charge >= 0.3 is 5.97 Å². The second kappa shape index (κ2) is 7.23. The molecule has 2 aromatic heterocycles. The number of carbonyl (C=O) groups excluding carboxylic acids is 2. The van der Waals surface area contributed by atoms with Gasteiger partial charge in [-0.2, -0.15) is 0 Å². The number of pyridine rings is 2. The highest BCUT2D eigenvalue weighted by atomic mass is 79.9. The zero-order chi connectivity index (χ0) is 17.1. The maximum absolute atomic E-state index is 12.5. The van der Waals surface area contributed by atoms with Gasteiger partial charge in [-0.05, 0) is 35.0 Å². The summed E-state index contributed by atoms with van der Waals surface area (Å²) in [6.45, 7) is 3.10. The molecule has 0 radical (unpaired) electrons. The second-order valence-corrected chi connectivity index (χ2v) is 6.34. The molecule has 2 N–H and O–H groups in total. The fourth-order valence-electron chi connectivity index (χ4n) is 2.71. The fraction of sp³-hybridized carbons (Fsp3) is 0.375. The van der Waals surface area contributed by atoms with Crippen molar-refractivity contribution in [2.24, 2.45) is 5.92 Å². The summed E-state index contributed by atoms with van der Waals surface area (Å²) in [5.41, 5.74) is 0.966. The molecule has 1 amide bonds. The van der Waals surface area contributed by atoms with Crippen LogP contribution in [0.15, 0.2) is 29.0 Å². The number of fused-ring (bicyclic) bond motifs is 1. The Bertz CT molecular complexity index is 783. The van der Waals surface area contributed by atoms with Crippen LogP contribution in [0.3, 0.4) is 0 Å². The van der Waals surface area contributed by atoms with E-state index in [9.17, 15) is 9.59 Å². The van der Waals surface area contributed by atoms with Gasteiger partial charge in [0, 0.05) is 30.9 Å². The molecule has 126 valence electrons. The van der Waals surface area contributed by atoms with Crippen molar-refractivity contribution in [2.45, 2.75) is 13.0 Å². The molecule has 1 fully saturated rings.